The van der Waals surface area contributed by atoms with Crippen molar-refractivity contribution < 1.29 is 18.7 Å². The van der Waals surface area contributed by atoms with E-state index in [2.05, 4.69) is 15.6 Å². The van der Waals surface area contributed by atoms with Gasteiger partial charge in [0.15, 0.2) is 0 Å². The SMILES string of the molecule is CCOCCCn1c(NC(=O)CCCNC(=O)c2ccc(F)cc2)nc2ccccc21. The van der Waals surface area contributed by atoms with Crippen molar-refractivity contribution in [1.29, 1.82) is 0 Å². The second-order valence-electron chi connectivity index (χ2n) is 7.04. The lowest BCUT2D eigenvalue weighted by Gasteiger charge is -2.10. The van der Waals surface area contributed by atoms with Crippen LogP contribution in [0.5, 0.6) is 0 Å². The standard InChI is InChI=1S/C23H27FN4O3/c1-2-31-16-6-15-28-20-8-4-3-7-19(20)26-23(28)27-21(29)9-5-14-25-22(30)17-10-12-18(24)13-11-17/h3-4,7-8,10-13H,2,5-6,9,14-16H2,1H3,(H,25,30)(H,26,27,29). The zero-order valence-corrected chi connectivity index (χ0v) is 17.6. The number of nitrogens with one attached hydrogen (secondary N) is 2. The molecule has 0 saturated carbocycles. The highest BCUT2D eigenvalue weighted by Crippen LogP contribution is 2.20. The van der Waals surface area contributed by atoms with Gasteiger partial charge in [0, 0.05) is 38.3 Å². The molecule has 0 saturated heterocycles. The van der Waals surface area contributed by atoms with Crippen molar-refractivity contribution in [2.24, 2.45) is 0 Å². The van der Waals surface area contributed by atoms with Gasteiger partial charge in [-0.15, -0.1) is 0 Å². The fraction of sp³-hybridized carbons (Fsp3) is 0.348. The number of carbonyl (C=O) groups is 2. The molecule has 8 heteroatoms. The molecule has 0 spiro atoms. The van der Waals surface area contributed by atoms with Crippen LogP contribution in [-0.4, -0.2) is 41.1 Å². The molecule has 0 unspecified atom stereocenters. The number of imidazole rings is 1. The molecule has 0 aliphatic heterocycles. The Balaban J connectivity index is 1.51. The smallest absolute Gasteiger partial charge is 0.251 e. The molecule has 0 atom stereocenters. The maximum atomic E-state index is 12.9. The zero-order valence-electron chi connectivity index (χ0n) is 17.6. The number of amides is 2. The number of carbonyl (C=O) groups excluding carboxylic acids is 2. The molecule has 1 heterocycles. The average Bonchev–Trinajstić information content (AvgIpc) is 3.11. The van der Waals surface area contributed by atoms with Gasteiger partial charge in [-0.25, -0.2) is 9.37 Å². The second kappa shape index (κ2) is 11.2. The van der Waals surface area contributed by atoms with Crippen LogP contribution in [0.4, 0.5) is 10.3 Å². The molecule has 2 amide bonds. The van der Waals surface area contributed by atoms with Gasteiger partial charge in [-0.05, 0) is 56.2 Å². The van der Waals surface area contributed by atoms with E-state index in [1.165, 1.54) is 24.3 Å². The highest BCUT2D eigenvalue weighted by molar-refractivity contribution is 5.94. The zero-order chi connectivity index (χ0) is 22.1. The first-order valence-electron chi connectivity index (χ1n) is 10.4. The topological polar surface area (TPSA) is 85.2 Å². The number of rotatable bonds is 11. The van der Waals surface area contributed by atoms with Crippen LogP contribution in [0.15, 0.2) is 48.5 Å². The Morgan fingerprint density at radius 3 is 2.65 bits per heavy atom. The fourth-order valence-electron chi connectivity index (χ4n) is 3.21. The maximum Gasteiger partial charge on any atom is 0.251 e. The number of hydrogen-bond donors (Lipinski definition) is 2. The third-order valence-corrected chi connectivity index (χ3v) is 4.75. The van der Waals surface area contributed by atoms with Gasteiger partial charge in [0.1, 0.15) is 5.82 Å². The van der Waals surface area contributed by atoms with Crippen LogP contribution in [0.2, 0.25) is 0 Å². The van der Waals surface area contributed by atoms with Crippen molar-refractivity contribution in [2.75, 3.05) is 25.1 Å². The first-order chi connectivity index (χ1) is 15.1. The molecule has 3 rings (SSSR count). The molecular weight excluding hydrogens is 399 g/mol. The number of anilines is 1. The summed E-state index contributed by atoms with van der Waals surface area (Å²) >= 11 is 0. The molecule has 0 bridgehead atoms. The number of fused-ring (bicyclic) bond motifs is 1. The largest absolute Gasteiger partial charge is 0.382 e. The van der Waals surface area contributed by atoms with Crippen LogP contribution in [0.3, 0.4) is 0 Å². The predicted octanol–water partition coefficient (Wildman–Crippen LogP) is 3.75. The van der Waals surface area contributed by atoms with E-state index in [-0.39, 0.29) is 18.2 Å². The minimum atomic E-state index is -0.392. The van der Waals surface area contributed by atoms with Gasteiger partial charge >= 0.3 is 0 Å². The van der Waals surface area contributed by atoms with Crippen LogP contribution in [0.25, 0.3) is 11.0 Å². The van der Waals surface area contributed by atoms with E-state index in [9.17, 15) is 14.0 Å². The van der Waals surface area contributed by atoms with E-state index in [1.54, 1.807) is 0 Å². The number of halogens is 1. The summed E-state index contributed by atoms with van der Waals surface area (Å²) in [5.41, 5.74) is 2.16. The van der Waals surface area contributed by atoms with E-state index >= 15 is 0 Å². The number of para-hydroxylation sites is 2. The van der Waals surface area contributed by atoms with E-state index in [0.717, 1.165) is 17.5 Å². The monoisotopic (exact) mass is 426 g/mol. The molecule has 0 aliphatic rings. The molecule has 3 aromatic rings. The number of aromatic nitrogens is 2. The van der Waals surface area contributed by atoms with E-state index in [1.807, 2.05) is 35.8 Å². The molecule has 2 aromatic carbocycles. The summed E-state index contributed by atoms with van der Waals surface area (Å²) < 4.78 is 20.3. The number of nitrogens with zero attached hydrogens (tertiary/aromatic N) is 2. The molecular formula is C23H27FN4O3. The highest BCUT2D eigenvalue weighted by Gasteiger charge is 2.13. The summed E-state index contributed by atoms with van der Waals surface area (Å²) in [5, 5.41) is 5.62. The maximum absolute atomic E-state index is 12.9. The first-order valence-corrected chi connectivity index (χ1v) is 10.4. The normalized spacial score (nSPS) is 10.9. The Kier molecular flexibility index (Phi) is 8.12. The predicted molar refractivity (Wildman–Crippen MR) is 117 cm³/mol. The summed E-state index contributed by atoms with van der Waals surface area (Å²) in [4.78, 5) is 29.0. The van der Waals surface area contributed by atoms with Crippen molar-refractivity contribution >= 4 is 28.8 Å². The van der Waals surface area contributed by atoms with Gasteiger partial charge in [0.25, 0.3) is 5.91 Å². The van der Waals surface area contributed by atoms with Crippen molar-refractivity contribution in [2.45, 2.75) is 32.7 Å². The molecule has 0 aliphatic carbocycles. The molecule has 7 nitrogen and oxygen atoms in total. The fourth-order valence-corrected chi connectivity index (χ4v) is 3.21. The molecule has 31 heavy (non-hydrogen) atoms. The third kappa shape index (κ3) is 6.36. The molecule has 2 N–H and O–H groups in total. The molecule has 164 valence electrons. The van der Waals surface area contributed by atoms with Gasteiger partial charge in [-0.2, -0.15) is 0 Å². The lowest BCUT2D eigenvalue weighted by Crippen LogP contribution is -2.25. The van der Waals surface area contributed by atoms with Crippen LogP contribution in [0.1, 0.15) is 36.5 Å². The minimum Gasteiger partial charge on any atom is -0.382 e. The van der Waals surface area contributed by atoms with Crippen LogP contribution >= 0.6 is 0 Å². The Hall–Kier alpha value is -3.26. The Bertz CT molecular complexity index is 1020. The van der Waals surface area contributed by atoms with Crippen molar-refractivity contribution in [3.63, 3.8) is 0 Å². The van der Waals surface area contributed by atoms with E-state index in [4.69, 9.17) is 4.74 Å². The quantitative estimate of drug-likeness (QED) is 0.457. The van der Waals surface area contributed by atoms with Crippen LogP contribution in [-0.2, 0) is 16.1 Å². The summed E-state index contributed by atoms with van der Waals surface area (Å²) in [6.45, 7) is 4.30. The van der Waals surface area contributed by atoms with E-state index in [0.29, 0.717) is 44.2 Å². The molecule has 0 radical (unpaired) electrons. The molecule has 0 fully saturated rings. The van der Waals surface area contributed by atoms with E-state index < -0.39 is 5.82 Å². The lowest BCUT2D eigenvalue weighted by molar-refractivity contribution is -0.116. The summed E-state index contributed by atoms with van der Waals surface area (Å²) in [5.74, 6) is -0.343. The van der Waals surface area contributed by atoms with Gasteiger partial charge < -0.3 is 14.6 Å². The number of benzene rings is 2. The molecule has 1 aromatic heterocycles. The van der Waals surface area contributed by atoms with Gasteiger partial charge in [0.05, 0.1) is 11.0 Å². The van der Waals surface area contributed by atoms with Gasteiger partial charge in [-0.1, -0.05) is 12.1 Å². The second-order valence-corrected chi connectivity index (χ2v) is 7.04. The summed E-state index contributed by atoms with van der Waals surface area (Å²) in [6, 6.07) is 13.1. The number of ether oxygens (including phenoxy) is 1. The third-order valence-electron chi connectivity index (χ3n) is 4.75. The van der Waals surface area contributed by atoms with Gasteiger partial charge in [0.2, 0.25) is 11.9 Å². The minimum absolute atomic E-state index is 0.169. The summed E-state index contributed by atoms with van der Waals surface area (Å²) in [6.07, 6.45) is 1.53. The Morgan fingerprint density at radius 2 is 1.87 bits per heavy atom. The average molecular weight is 426 g/mol. The number of hydrogen-bond acceptors (Lipinski definition) is 4. The van der Waals surface area contributed by atoms with Crippen molar-refractivity contribution in [1.82, 2.24) is 14.9 Å². The van der Waals surface area contributed by atoms with Crippen LogP contribution < -0.4 is 10.6 Å². The van der Waals surface area contributed by atoms with Gasteiger partial charge in [-0.3, -0.25) is 14.9 Å². The Morgan fingerprint density at radius 1 is 1.10 bits per heavy atom. The van der Waals surface area contributed by atoms with Crippen molar-refractivity contribution in [3.05, 3.63) is 59.9 Å². The Labute approximate surface area is 180 Å². The lowest BCUT2D eigenvalue weighted by atomic mass is 10.2. The highest BCUT2D eigenvalue weighted by atomic mass is 19.1. The van der Waals surface area contributed by atoms with Crippen LogP contribution in [0, 0.1) is 5.82 Å². The van der Waals surface area contributed by atoms with Crippen molar-refractivity contribution in [3.8, 4) is 0 Å². The summed E-state index contributed by atoms with van der Waals surface area (Å²) in [7, 11) is 0. The first kappa shape index (κ1) is 22.4. The number of aryl methyl sites for hydroxylation is 1.